The van der Waals surface area contributed by atoms with Crippen molar-refractivity contribution in [3.63, 3.8) is 0 Å². The minimum atomic E-state index is -0.621. The fourth-order valence-electron chi connectivity index (χ4n) is 2.52. The third kappa shape index (κ3) is 4.01. The zero-order valence-corrected chi connectivity index (χ0v) is 13.9. The Balaban J connectivity index is 1.62. The van der Waals surface area contributed by atoms with Crippen LogP contribution in [0.2, 0.25) is 0 Å². The molecular weight excluding hydrogens is 316 g/mol. The van der Waals surface area contributed by atoms with Gasteiger partial charge in [-0.1, -0.05) is 49.4 Å². The smallest absolute Gasteiger partial charge is 0.357 e. The number of nitrogens with one attached hydrogen (secondary N) is 1. The lowest BCUT2D eigenvalue weighted by Gasteiger charge is -2.10. The summed E-state index contributed by atoms with van der Waals surface area (Å²) in [5.41, 5.74) is 2.65. The Morgan fingerprint density at radius 3 is 2.60 bits per heavy atom. The van der Waals surface area contributed by atoms with E-state index in [2.05, 4.69) is 10.3 Å². The van der Waals surface area contributed by atoms with E-state index in [-0.39, 0.29) is 18.2 Å². The summed E-state index contributed by atoms with van der Waals surface area (Å²) in [6.07, 6.45) is 0.803. The summed E-state index contributed by atoms with van der Waals surface area (Å²) in [4.78, 5) is 28.4. The number of pyridine rings is 1. The average molecular weight is 334 g/mol. The van der Waals surface area contributed by atoms with Crippen molar-refractivity contribution < 1.29 is 14.3 Å². The van der Waals surface area contributed by atoms with E-state index in [1.165, 1.54) is 0 Å². The summed E-state index contributed by atoms with van der Waals surface area (Å²) in [5, 5.41) is 3.70. The monoisotopic (exact) mass is 334 g/mol. The Morgan fingerprint density at radius 2 is 1.76 bits per heavy atom. The molecule has 0 spiro atoms. The summed E-state index contributed by atoms with van der Waals surface area (Å²) in [5.74, 6) is -1.00. The summed E-state index contributed by atoms with van der Waals surface area (Å²) < 4.78 is 5.07. The van der Waals surface area contributed by atoms with E-state index in [9.17, 15) is 9.59 Å². The molecule has 5 nitrogen and oxygen atoms in total. The van der Waals surface area contributed by atoms with Crippen molar-refractivity contribution in [2.75, 3.05) is 11.9 Å². The lowest BCUT2D eigenvalue weighted by molar-refractivity contribution is -0.119. The van der Waals surface area contributed by atoms with Gasteiger partial charge in [0.1, 0.15) is 5.69 Å². The second-order valence-corrected chi connectivity index (χ2v) is 5.52. The molecule has 5 heteroatoms. The Labute approximate surface area is 145 Å². The Kier molecular flexibility index (Phi) is 5.04. The lowest BCUT2D eigenvalue weighted by Crippen LogP contribution is -2.21. The van der Waals surface area contributed by atoms with Crippen LogP contribution in [-0.4, -0.2) is 23.5 Å². The summed E-state index contributed by atoms with van der Waals surface area (Å²) in [6, 6.07) is 18.4. The number of para-hydroxylation sites is 2. The first-order valence-electron chi connectivity index (χ1n) is 8.08. The number of amides is 1. The van der Waals surface area contributed by atoms with Gasteiger partial charge in [0, 0.05) is 11.1 Å². The predicted octanol–water partition coefficient (Wildman–Crippen LogP) is 3.59. The SMILES string of the molecule is CCc1ccccc1NC(=O)COC(=O)c1ccc2ccccc2n1. The topological polar surface area (TPSA) is 68.3 Å². The van der Waals surface area contributed by atoms with Crippen molar-refractivity contribution in [1.82, 2.24) is 4.98 Å². The highest BCUT2D eigenvalue weighted by atomic mass is 16.5. The number of rotatable bonds is 5. The van der Waals surface area contributed by atoms with Crippen LogP contribution in [0.1, 0.15) is 23.0 Å². The van der Waals surface area contributed by atoms with Gasteiger partial charge in [-0.2, -0.15) is 0 Å². The number of anilines is 1. The number of benzene rings is 2. The first kappa shape index (κ1) is 16.6. The van der Waals surface area contributed by atoms with Gasteiger partial charge in [-0.15, -0.1) is 0 Å². The predicted molar refractivity (Wildman–Crippen MR) is 96.5 cm³/mol. The maximum absolute atomic E-state index is 12.1. The third-order valence-corrected chi connectivity index (χ3v) is 3.81. The van der Waals surface area contributed by atoms with E-state index in [4.69, 9.17) is 4.74 Å². The number of fused-ring (bicyclic) bond motifs is 1. The van der Waals surface area contributed by atoms with Crippen LogP contribution in [0.15, 0.2) is 60.7 Å². The molecule has 1 amide bonds. The number of esters is 1. The number of carbonyl (C=O) groups excluding carboxylic acids is 2. The molecule has 0 aliphatic rings. The van der Waals surface area contributed by atoms with Gasteiger partial charge in [0.05, 0.1) is 5.52 Å². The number of hydrogen-bond acceptors (Lipinski definition) is 4. The van der Waals surface area contributed by atoms with Gasteiger partial charge >= 0.3 is 5.97 Å². The van der Waals surface area contributed by atoms with Crippen LogP contribution in [0.4, 0.5) is 5.69 Å². The van der Waals surface area contributed by atoms with Crippen molar-refractivity contribution in [3.05, 3.63) is 71.9 Å². The van der Waals surface area contributed by atoms with E-state index >= 15 is 0 Å². The second-order valence-electron chi connectivity index (χ2n) is 5.52. The van der Waals surface area contributed by atoms with Crippen molar-refractivity contribution >= 4 is 28.5 Å². The summed E-state index contributed by atoms with van der Waals surface area (Å²) in [7, 11) is 0. The maximum Gasteiger partial charge on any atom is 0.357 e. The molecule has 0 saturated carbocycles. The second kappa shape index (κ2) is 7.57. The molecule has 0 fully saturated rings. The van der Waals surface area contributed by atoms with Crippen LogP contribution in [-0.2, 0) is 16.0 Å². The van der Waals surface area contributed by atoms with Gasteiger partial charge in [-0.25, -0.2) is 9.78 Å². The molecule has 0 saturated heterocycles. The Hall–Kier alpha value is -3.21. The number of nitrogens with zero attached hydrogens (tertiary/aromatic N) is 1. The molecule has 0 radical (unpaired) electrons. The van der Waals surface area contributed by atoms with E-state index in [1.54, 1.807) is 12.1 Å². The van der Waals surface area contributed by atoms with E-state index in [0.29, 0.717) is 5.52 Å². The zero-order valence-electron chi connectivity index (χ0n) is 13.9. The highest BCUT2D eigenvalue weighted by Crippen LogP contribution is 2.15. The largest absolute Gasteiger partial charge is 0.451 e. The standard InChI is InChI=1S/C20H18N2O3/c1-2-14-7-3-5-9-16(14)22-19(23)13-25-20(24)18-12-11-15-8-4-6-10-17(15)21-18/h3-12H,2,13H2,1H3,(H,22,23). The molecular formula is C20H18N2O3. The average Bonchev–Trinajstić information content (AvgIpc) is 2.66. The van der Waals surface area contributed by atoms with Gasteiger partial charge in [0.15, 0.2) is 6.61 Å². The van der Waals surface area contributed by atoms with Gasteiger partial charge in [0.2, 0.25) is 0 Å². The summed E-state index contributed by atoms with van der Waals surface area (Å²) in [6.45, 7) is 1.65. The number of aryl methyl sites for hydroxylation is 1. The van der Waals surface area contributed by atoms with E-state index < -0.39 is 5.97 Å². The number of carbonyl (C=O) groups is 2. The molecule has 0 aliphatic heterocycles. The molecule has 1 N–H and O–H groups in total. The van der Waals surface area contributed by atoms with Crippen LogP contribution in [0.25, 0.3) is 10.9 Å². The molecule has 3 aromatic rings. The lowest BCUT2D eigenvalue weighted by atomic mass is 10.1. The van der Waals surface area contributed by atoms with Gasteiger partial charge < -0.3 is 10.1 Å². The summed E-state index contributed by atoms with van der Waals surface area (Å²) >= 11 is 0. The van der Waals surface area contributed by atoms with Gasteiger partial charge in [-0.05, 0) is 30.2 Å². The molecule has 0 unspecified atom stereocenters. The Bertz CT molecular complexity index is 921. The van der Waals surface area contributed by atoms with Crippen molar-refractivity contribution in [3.8, 4) is 0 Å². The van der Waals surface area contributed by atoms with Crippen LogP contribution >= 0.6 is 0 Å². The zero-order chi connectivity index (χ0) is 17.6. The molecule has 0 atom stereocenters. The fourth-order valence-corrected chi connectivity index (χ4v) is 2.52. The van der Waals surface area contributed by atoms with Crippen LogP contribution in [0, 0.1) is 0 Å². The molecule has 1 aromatic heterocycles. The number of aromatic nitrogens is 1. The molecule has 2 aromatic carbocycles. The fraction of sp³-hybridized carbons (Fsp3) is 0.150. The highest BCUT2D eigenvalue weighted by molar-refractivity contribution is 5.96. The quantitative estimate of drug-likeness (QED) is 0.724. The normalized spacial score (nSPS) is 10.4. The van der Waals surface area contributed by atoms with Crippen molar-refractivity contribution in [1.29, 1.82) is 0 Å². The first-order valence-corrected chi connectivity index (χ1v) is 8.08. The molecule has 1 heterocycles. The highest BCUT2D eigenvalue weighted by Gasteiger charge is 2.13. The van der Waals surface area contributed by atoms with Gasteiger partial charge in [0.25, 0.3) is 5.91 Å². The van der Waals surface area contributed by atoms with Crippen LogP contribution in [0.3, 0.4) is 0 Å². The third-order valence-electron chi connectivity index (χ3n) is 3.81. The van der Waals surface area contributed by atoms with E-state index in [1.807, 2.05) is 55.5 Å². The van der Waals surface area contributed by atoms with Crippen molar-refractivity contribution in [2.45, 2.75) is 13.3 Å². The molecule has 3 rings (SSSR count). The molecule has 0 aliphatic carbocycles. The van der Waals surface area contributed by atoms with Crippen molar-refractivity contribution in [2.24, 2.45) is 0 Å². The van der Waals surface area contributed by atoms with E-state index in [0.717, 1.165) is 23.1 Å². The molecule has 25 heavy (non-hydrogen) atoms. The number of hydrogen-bond donors (Lipinski definition) is 1. The number of ether oxygens (including phenoxy) is 1. The minimum absolute atomic E-state index is 0.181. The molecule has 126 valence electrons. The van der Waals surface area contributed by atoms with Gasteiger partial charge in [-0.3, -0.25) is 4.79 Å². The molecule has 0 bridgehead atoms. The Morgan fingerprint density at radius 1 is 1.00 bits per heavy atom. The maximum atomic E-state index is 12.1. The minimum Gasteiger partial charge on any atom is -0.451 e. The van der Waals surface area contributed by atoms with Crippen LogP contribution < -0.4 is 5.32 Å². The van der Waals surface area contributed by atoms with Crippen LogP contribution in [0.5, 0.6) is 0 Å². The first-order chi connectivity index (χ1) is 12.2.